The van der Waals surface area contributed by atoms with Crippen molar-refractivity contribution in [2.24, 2.45) is 41.4 Å². The molecule has 0 saturated heterocycles. The topological polar surface area (TPSA) is 0 Å². The number of hydrogen-bond acceptors (Lipinski definition) is 0. The summed E-state index contributed by atoms with van der Waals surface area (Å²) in [5, 5.41) is 0. The first-order valence-electron chi connectivity index (χ1n) is 10.6. The Morgan fingerprint density at radius 3 is 1.61 bits per heavy atom. The normalized spacial score (nSPS) is 41.2. The summed E-state index contributed by atoms with van der Waals surface area (Å²) >= 11 is 0. The molecule has 0 bridgehead atoms. The summed E-state index contributed by atoms with van der Waals surface area (Å²) < 4.78 is 0. The third-order valence-electron chi connectivity index (χ3n) is 6.99. The summed E-state index contributed by atoms with van der Waals surface area (Å²) in [6.07, 6.45) is 12.4. The van der Waals surface area contributed by atoms with Crippen LogP contribution in [0, 0.1) is 53.3 Å². The van der Waals surface area contributed by atoms with Gasteiger partial charge in [-0.15, -0.1) is 0 Å². The minimum atomic E-state index is 0.684. The molecular weight excluding hydrogens is 276 g/mol. The van der Waals surface area contributed by atoms with Gasteiger partial charge in [0.15, 0.2) is 0 Å². The largest absolute Gasteiger partial charge is 0.0996 e. The van der Waals surface area contributed by atoms with Crippen molar-refractivity contribution in [3.05, 3.63) is 0 Å². The Bertz CT molecular complexity index is 372. The molecule has 23 heavy (non-hydrogen) atoms. The van der Waals surface area contributed by atoms with Crippen molar-refractivity contribution in [1.82, 2.24) is 0 Å². The van der Waals surface area contributed by atoms with Crippen molar-refractivity contribution >= 4 is 0 Å². The van der Waals surface area contributed by atoms with Crippen LogP contribution in [0.15, 0.2) is 0 Å². The molecule has 132 valence electrons. The Hall–Kier alpha value is -0.440. The van der Waals surface area contributed by atoms with Crippen molar-refractivity contribution in [2.75, 3.05) is 0 Å². The molecule has 0 N–H and O–H groups in total. The molecule has 0 amide bonds. The van der Waals surface area contributed by atoms with E-state index in [9.17, 15) is 0 Å². The van der Waals surface area contributed by atoms with Gasteiger partial charge < -0.3 is 0 Å². The van der Waals surface area contributed by atoms with Crippen LogP contribution in [0.2, 0.25) is 0 Å². The van der Waals surface area contributed by atoms with Crippen molar-refractivity contribution < 1.29 is 0 Å². The van der Waals surface area contributed by atoms with Crippen LogP contribution in [-0.2, 0) is 0 Å². The Balaban J connectivity index is 2.07. The highest BCUT2D eigenvalue weighted by molar-refractivity contribution is 5.12. The molecule has 2 rings (SSSR count). The third-order valence-corrected chi connectivity index (χ3v) is 6.99. The smallest absolute Gasteiger partial charge is 0.0259 e. The zero-order chi connectivity index (χ0) is 16.8. The zero-order valence-corrected chi connectivity index (χ0v) is 16.4. The summed E-state index contributed by atoms with van der Waals surface area (Å²) in [5.41, 5.74) is 0. The molecule has 0 aliphatic heterocycles. The van der Waals surface area contributed by atoms with Gasteiger partial charge in [-0.3, -0.25) is 0 Å². The van der Waals surface area contributed by atoms with Crippen LogP contribution in [0.4, 0.5) is 0 Å². The summed E-state index contributed by atoms with van der Waals surface area (Å²) in [6, 6.07) is 0. The first-order chi connectivity index (χ1) is 11.1. The van der Waals surface area contributed by atoms with Gasteiger partial charge in [0.25, 0.3) is 0 Å². The predicted octanol–water partition coefficient (Wildman–Crippen LogP) is 6.94. The molecule has 0 aromatic carbocycles. The van der Waals surface area contributed by atoms with E-state index in [0.29, 0.717) is 11.8 Å². The van der Waals surface area contributed by atoms with Crippen molar-refractivity contribution in [1.29, 1.82) is 0 Å². The average Bonchev–Trinajstić information content (AvgIpc) is 2.59. The van der Waals surface area contributed by atoms with Crippen LogP contribution in [0.3, 0.4) is 0 Å². The maximum Gasteiger partial charge on any atom is 0.0259 e. The molecule has 0 heterocycles. The summed E-state index contributed by atoms with van der Waals surface area (Å²) in [7, 11) is 0. The predicted molar refractivity (Wildman–Crippen MR) is 102 cm³/mol. The van der Waals surface area contributed by atoms with E-state index in [1.807, 2.05) is 0 Å². The lowest BCUT2D eigenvalue weighted by molar-refractivity contribution is 0.146. The van der Waals surface area contributed by atoms with E-state index in [4.69, 9.17) is 0 Å². The quantitative estimate of drug-likeness (QED) is 0.493. The van der Waals surface area contributed by atoms with Crippen LogP contribution in [0.5, 0.6) is 0 Å². The fraction of sp³-hybridized carbons (Fsp3) is 0.913. The second-order valence-electron chi connectivity index (χ2n) is 8.68. The molecule has 0 radical (unpaired) electrons. The molecule has 0 nitrogen and oxygen atoms in total. The molecule has 2 aliphatic rings. The van der Waals surface area contributed by atoms with Gasteiger partial charge in [-0.25, -0.2) is 0 Å². The Morgan fingerprint density at radius 2 is 1.17 bits per heavy atom. The molecule has 2 aliphatic carbocycles. The first-order valence-corrected chi connectivity index (χ1v) is 10.6. The zero-order valence-electron chi connectivity index (χ0n) is 16.4. The summed E-state index contributed by atoms with van der Waals surface area (Å²) in [5.74, 6) is 13.5. The molecule has 0 spiro atoms. The van der Waals surface area contributed by atoms with Gasteiger partial charge in [0, 0.05) is 11.8 Å². The highest BCUT2D eigenvalue weighted by atomic mass is 14.4. The van der Waals surface area contributed by atoms with Gasteiger partial charge in [0.05, 0.1) is 0 Å². The van der Waals surface area contributed by atoms with Gasteiger partial charge in [0.1, 0.15) is 0 Å². The molecule has 0 aromatic heterocycles. The second kappa shape index (κ2) is 9.15. The fourth-order valence-electron chi connectivity index (χ4n) is 5.45. The van der Waals surface area contributed by atoms with E-state index in [2.05, 4.69) is 46.5 Å². The lowest BCUT2D eigenvalue weighted by atomic mass is 9.66. The van der Waals surface area contributed by atoms with E-state index in [-0.39, 0.29) is 0 Å². The van der Waals surface area contributed by atoms with Crippen LogP contribution in [0.1, 0.15) is 92.4 Å². The molecule has 0 heteroatoms. The lowest BCUT2D eigenvalue weighted by Crippen LogP contribution is -2.31. The van der Waals surface area contributed by atoms with Gasteiger partial charge in [-0.1, -0.05) is 72.1 Å². The number of hydrogen-bond donors (Lipinski definition) is 0. The maximum absolute atomic E-state index is 3.85. The standard InChI is InChI=1S/C23H40/c1-6-18-14-19(7-2)16-20(15-18)10-11-23-21(8-3)12-17(5)13-22(23)9-4/h17-23H,6-9,12-16H2,1-5H3. The van der Waals surface area contributed by atoms with Gasteiger partial charge in [-0.2, -0.15) is 0 Å². The van der Waals surface area contributed by atoms with E-state index in [1.54, 1.807) is 0 Å². The van der Waals surface area contributed by atoms with Crippen molar-refractivity contribution in [3.8, 4) is 11.8 Å². The third kappa shape index (κ3) is 5.01. The minimum absolute atomic E-state index is 0.684. The first kappa shape index (κ1) is 18.9. The monoisotopic (exact) mass is 316 g/mol. The van der Waals surface area contributed by atoms with Crippen LogP contribution < -0.4 is 0 Å². The summed E-state index contributed by atoms with van der Waals surface area (Å²) in [4.78, 5) is 0. The van der Waals surface area contributed by atoms with Gasteiger partial charge >= 0.3 is 0 Å². The highest BCUT2D eigenvalue weighted by Crippen LogP contribution is 2.41. The van der Waals surface area contributed by atoms with Crippen LogP contribution in [0.25, 0.3) is 0 Å². The Morgan fingerprint density at radius 1 is 0.652 bits per heavy atom. The van der Waals surface area contributed by atoms with E-state index < -0.39 is 0 Å². The van der Waals surface area contributed by atoms with Crippen LogP contribution >= 0.6 is 0 Å². The molecule has 4 atom stereocenters. The molecular formula is C23H40. The van der Waals surface area contributed by atoms with Crippen LogP contribution in [-0.4, -0.2) is 0 Å². The Labute approximate surface area is 146 Å². The SMILES string of the molecule is CCC1CC(C#CC2C(CC)CC(C)CC2CC)CC(CC)C1. The molecule has 2 fully saturated rings. The molecule has 0 aromatic rings. The Kier molecular flexibility index (Phi) is 7.52. The lowest BCUT2D eigenvalue weighted by Gasteiger charge is -2.38. The van der Waals surface area contributed by atoms with Gasteiger partial charge in [0.2, 0.25) is 0 Å². The average molecular weight is 317 g/mol. The minimum Gasteiger partial charge on any atom is -0.0996 e. The fourth-order valence-corrected chi connectivity index (χ4v) is 5.45. The number of rotatable bonds is 4. The molecule has 4 unspecified atom stereocenters. The van der Waals surface area contributed by atoms with Crippen molar-refractivity contribution in [3.63, 3.8) is 0 Å². The highest BCUT2D eigenvalue weighted by Gasteiger charge is 2.33. The maximum atomic E-state index is 3.85. The van der Waals surface area contributed by atoms with Gasteiger partial charge in [-0.05, 0) is 61.7 Å². The second-order valence-corrected chi connectivity index (χ2v) is 8.68. The van der Waals surface area contributed by atoms with E-state index in [0.717, 1.165) is 29.6 Å². The van der Waals surface area contributed by atoms with E-state index >= 15 is 0 Å². The van der Waals surface area contributed by atoms with E-state index in [1.165, 1.54) is 57.8 Å². The summed E-state index contributed by atoms with van der Waals surface area (Å²) in [6.45, 7) is 12.0. The molecule has 2 saturated carbocycles. The van der Waals surface area contributed by atoms with Crippen molar-refractivity contribution in [2.45, 2.75) is 92.4 Å².